The van der Waals surface area contributed by atoms with Gasteiger partial charge in [-0.1, -0.05) is 26.2 Å². The number of piperazine rings is 1. The predicted molar refractivity (Wildman–Crippen MR) is 111 cm³/mol. The van der Waals surface area contributed by atoms with Crippen molar-refractivity contribution in [1.29, 1.82) is 0 Å². The van der Waals surface area contributed by atoms with Crippen LogP contribution in [-0.2, 0) is 17.8 Å². The molecule has 0 aromatic carbocycles. The Morgan fingerprint density at radius 2 is 1.86 bits per heavy atom. The standard InChI is InChI=1S/C20H29N5O2S/c1-3-16-21-18-19(28-16)14(2)22-25(20(18)27)13-17(26)24-11-9-23(10-12-24)15-7-5-4-6-8-15/h15H,3-13H2,1-2H3. The minimum Gasteiger partial charge on any atom is -0.339 e. The van der Waals surface area contributed by atoms with E-state index in [0.717, 1.165) is 48.0 Å². The van der Waals surface area contributed by atoms with Crippen LogP contribution in [0.1, 0.15) is 49.7 Å². The summed E-state index contributed by atoms with van der Waals surface area (Å²) in [6.45, 7) is 7.24. The molecule has 2 fully saturated rings. The zero-order valence-electron chi connectivity index (χ0n) is 16.8. The van der Waals surface area contributed by atoms with Gasteiger partial charge in [0.1, 0.15) is 6.54 Å². The van der Waals surface area contributed by atoms with Crippen molar-refractivity contribution in [3.63, 3.8) is 0 Å². The summed E-state index contributed by atoms with van der Waals surface area (Å²) in [7, 11) is 0. The van der Waals surface area contributed by atoms with Gasteiger partial charge in [0, 0.05) is 32.2 Å². The van der Waals surface area contributed by atoms with Crippen molar-refractivity contribution < 1.29 is 4.79 Å². The van der Waals surface area contributed by atoms with E-state index < -0.39 is 0 Å². The lowest BCUT2D eigenvalue weighted by atomic mass is 9.94. The first-order chi connectivity index (χ1) is 13.6. The van der Waals surface area contributed by atoms with E-state index >= 15 is 0 Å². The minimum absolute atomic E-state index is 0.00196. The monoisotopic (exact) mass is 403 g/mol. The summed E-state index contributed by atoms with van der Waals surface area (Å²) in [6.07, 6.45) is 7.40. The summed E-state index contributed by atoms with van der Waals surface area (Å²) < 4.78 is 2.14. The zero-order chi connectivity index (χ0) is 19.7. The Hall–Kier alpha value is -1.80. The molecule has 0 atom stereocenters. The van der Waals surface area contributed by atoms with Gasteiger partial charge in [-0.3, -0.25) is 14.5 Å². The molecule has 0 bridgehead atoms. The highest BCUT2D eigenvalue weighted by molar-refractivity contribution is 7.18. The number of hydrogen-bond donors (Lipinski definition) is 0. The molecule has 0 spiro atoms. The predicted octanol–water partition coefficient (Wildman–Crippen LogP) is 2.20. The number of fused-ring (bicyclic) bond motifs is 1. The van der Waals surface area contributed by atoms with Gasteiger partial charge in [-0.05, 0) is 26.2 Å². The van der Waals surface area contributed by atoms with Crippen LogP contribution in [0.5, 0.6) is 0 Å². The molecule has 8 heteroatoms. The van der Waals surface area contributed by atoms with Crippen LogP contribution in [0.4, 0.5) is 0 Å². The Kier molecular flexibility index (Phi) is 5.78. The van der Waals surface area contributed by atoms with E-state index in [2.05, 4.69) is 15.0 Å². The second-order valence-electron chi connectivity index (χ2n) is 7.90. The van der Waals surface area contributed by atoms with Crippen molar-refractivity contribution in [3.05, 3.63) is 21.1 Å². The maximum absolute atomic E-state index is 12.8. The van der Waals surface area contributed by atoms with Crippen LogP contribution in [0.25, 0.3) is 10.2 Å². The van der Waals surface area contributed by atoms with Gasteiger partial charge in [-0.15, -0.1) is 11.3 Å². The SMILES string of the molecule is CCc1nc2c(=O)n(CC(=O)N3CCN(C4CCCCC4)CC3)nc(C)c2s1. The highest BCUT2D eigenvalue weighted by Gasteiger charge is 2.27. The smallest absolute Gasteiger partial charge is 0.294 e. The Labute approximate surface area is 169 Å². The number of thiazole rings is 1. The molecular formula is C20H29N5O2S. The van der Waals surface area contributed by atoms with Crippen LogP contribution in [0.15, 0.2) is 4.79 Å². The van der Waals surface area contributed by atoms with E-state index in [9.17, 15) is 9.59 Å². The summed E-state index contributed by atoms with van der Waals surface area (Å²) in [5.41, 5.74) is 0.955. The number of hydrogen-bond acceptors (Lipinski definition) is 6. The molecule has 1 saturated carbocycles. The van der Waals surface area contributed by atoms with Gasteiger partial charge in [0.05, 0.1) is 15.4 Å². The number of nitrogens with zero attached hydrogens (tertiary/aromatic N) is 5. The number of amides is 1. The first-order valence-electron chi connectivity index (χ1n) is 10.5. The summed E-state index contributed by atoms with van der Waals surface area (Å²) in [5, 5.41) is 5.32. The van der Waals surface area contributed by atoms with Crippen molar-refractivity contribution >= 4 is 27.5 Å². The normalized spacial score (nSPS) is 19.4. The molecule has 1 aliphatic heterocycles. The van der Waals surface area contributed by atoms with Crippen LogP contribution in [0.2, 0.25) is 0 Å². The van der Waals surface area contributed by atoms with Crippen molar-refractivity contribution in [2.24, 2.45) is 0 Å². The molecule has 2 aromatic heterocycles. The van der Waals surface area contributed by atoms with Gasteiger partial charge in [0.15, 0.2) is 5.52 Å². The lowest BCUT2D eigenvalue weighted by molar-refractivity contribution is -0.134. The fraction of sp³-hybridized carbons (Fsp3) is 0.700. The lowest BCUT2D eigenvalue weighted by Gasteiger charge is -2.40. The Morgan fingerprint density at radius 1 is 1.14 bits per heavy atom. The number of rotatable bonds is 4. The van der Waals surface area contributed by atoms with Crippen LogP contribution in [0.3, 0.4) is 0 Å². The number of aromatic nitrogens is 3. The van der Waals surface area contributed by atoms with E-state index in [1.165, 1.54) is 48.1 Å². The second-order valence-corrected chi connectivity index (χ2v) is 8.98. The molecule has 1 saturated heterocycles. The Morgan fingerprint density at radius 3 is 2.54 bits per heavy atom. The average molecular weight is 404 g/mol. The van der Waals surface area contributed by atoms with Crippen molar-refractivity contribution in [2.75, 3.05) is 26.2 Å². The van der Waals surface area contributed by atoms with Crippen LogP contribution < -0.4 is 5.56 Å². The summed E-state index contributed by atoms with van der Waals surface area (Å²) in [5.74, 6) is -0.0254. The third kappa shape index (κ3) is 3.85. The van der Waals surface area contributed by atoms with Gasteiger partial charge in [-0.25, -0.2) is 9.67 Å². The molecule has 4 rings (SSSR count). The molecule has 7 nitrogen and oxygen atoms in total. The van der Waals surface area contributed by atoms with Crippen molar-refractivity contribution in [1.82, 2.24) is 24.6 Å². The molecule has 28 heavy (non-hydrogen) atoms. The van der Waals surface area contributed by atoms with E-state index in [-0.39, 0.29) is 18.0 Å². The second kappa shape index (κ2) is 8.29. The maximum atomic E-state index is 12.8. The number of carbonyl (C=O) groups excluding carboxylic acids is 1. The molecule has 2 aromatic rings. The van der Waals surface area contributed by atoms with Crippen LogP contribution in [-0.4, -0.2) is 62.7 Å². The zero-order valence-corrected chi connectivity index (χ0v) is 17.6. The first kappa shape index (κ1) is 19.5. The average Bonchev–Trinajstić information content (AvgIpc) is 3.18. The molecule has 3 heterocycles. The first-order valence-corrected chi connectivity index (χ1v) is 11.3. The van der Waals surface area contributed by atoms with Crippen molar-refractivity contribution in [2.45, 2.75) is 65.0 Å². The van der Waals surface area contributed by atoms with Gasteiger partial charge in [-0.2, -0.15) is 5.10 Å². The molecule has 0 unspecified atom stereocenters. The largest absolute Gasteiger partial charge is 0.339 e. The summed E-state index contributed by atoms with van der Waals surface area (Å²) in [4.78, 5) is 34.4. The van der Waals surface area contributed by atoms with Crippen LogP contribution >= 0.6 is 11.3 Å². The van der Waals surface area contributed by atoms with Crippen LogP contribution in [0, 0.1) is 6.92 Å². The van der Waals surface area contributed by atoms with Gasteiger partial charge < -0.3 is 4.90 Å². The number of aryl methyl sites for hydroxylation is 2. The summed E-state index contributed by atoms with van der Waals surface area (Å²) in [6, 6.07) is 0.692. The highest BCUT2D eigenvalue weighted by atomic mass is 32.1. The minimum atomic E-state index is -0.259. The molecule has 2 aliphatic rings. The molecular weight excluding hydrogens is 374 g/mol. The van der Waals surface area contributed by atoms with Gasteiger partial charge >= 0.3 is 0 Å². The highest BCUT2D eigenvalue weighted by Crippen LogP contribution is 2.24. The van der Waals surface area contributed by atoms with E-state index in [1.807, 2.05) is 18.7 Å². The quantitative estimate of drug-likeness (QED) is 0.783. The molecule has 1 amide bonds. The van der Waals surface area contributed by atoms with Crippen molar-refractivity contribution in [3.8, 4) is 0 Å². The van der Waals surface area contributed by atoms with Gasteiger partial charge in [0.2, 0.25) is 5.91 Å². The third-order valence-electron chi connectivity index (χ3n) is 6.05. The topological polar surface area (TPSA) is 71.3 Å². The molecule has 0 radical (unpaired) electrons. The van der Waals surface area contributed by atoms with Gasteiger partial charge in [0.25, 0.3) is 5.56 Å². The number of carbonyl (C=O) groups is 1. The Balaban J connectivity index is 1.43. The fourth-order valence-electron chi connectivity index (χ4n) is 4.42. The molecule has 0 N–H and O–H groups in total. The summed E-state index contributed by atoms with van der Waals surface area (Å²) >= 11 is 1.52. The maximum Gasteiger partial charge on any atom is 0.294 e. The molecule has 152 valence electrons. The van der Waals surface area contributed by atoms with E-state index in [1.54, 1.807) is 0 Å². The molecule has 1 aliphatic carbocycles. The van der Waals surface area contributed by atoms with E-state index in [0.29, 0.717) is 11.6 Å². The third-order valence-corrected chi connectivity index (χ3v) is 7.36. The van der Waals surface area contributed by atoms with E-state index in [4.69, 9.17) is 0 Å². The lowest BCUT2D eigenvalue weighted by Crippen LogP contribution is -2.53. The Bertz CT molecular complexity index is 907. The fourth-order valence-corrected chi connectivity index (χ4v) is 5.35.